The lowest BCUT2D eigenvalue weighted by Gasteiger charge is -2.31. The van der Waals surface area contributed by atoms with E-state index in [0.29, 0.717) is 24.5 Å². The molecule has 0 unspecified atom stereocenters. The van der Waals surface area contributed by atoms with Crippen molar-refractivity contribution >= 4 is 21.6 Å². The molecule has 0 fully saturated rings. The minimum Gasteiger partial charge on any atom is -0.494 e. The van der Waals surface area contributed by atoms with Crippen molar-refractivity contribution in [3.05, 3.63) is 59.7 Å². The van der Waals surface area contributed by atoms with E-state index in [1.54, 1.807) is 31.2 Å². The maximum Gasteiger partial charge on any atom is 0.244 e. The van der Waals surface area contributed by atoms with Crippen LogP contribution < -0.4 is 14.4 Å². The zero-order valence-electron chi connectivity index (χ0n) is 18.4. The van der Waals surface area contributed by atoms with Gasteiger partial charge in [-0.2, -0.15) is 0 Å². The van der Waals surface area contributed by atoms with Crippen LogP contribution >= 0.6 is 0 Å². The number of nitrogens with one attached hydrogen (secondary N) is 1. The highest BCUT2D eigenvalue weighted by atomic mass is 32.2. The summed E-state index contributed by atoms with van der Waals surface area (Å²) in [7, 11) is -3.68. The zero-order valence-corrected chi connectivity index (χ0v) is 19.2. The Bertz CT molecular complexity index is 925. The topological polar surface area (TPSA) is 75.7 Å². The molecule has 0 aliphatic carbocycles. The molecule has 0 aliphatic rings. The minimum atomic E-state index is -3.68. The van der Waals surface area contributed by atoms with Crippen LogP contribution in [-0.2, 0) is 21.2 Å². The first kappa shape index (κ1) is 23.7. The van der Waals surface area contributed by atoms with E-state index in [9.17, 15) is 13.2 Å². The highest BCUT2D eigenvalue weighted by molar-refractivity contribution is 7.92. The highest BCUT2D eigenvalue weighted by Crippen LogP contribution is 2.26. The molecule has 164 valence electrons. The van der Waals surface area contributed by atoms with Crippen LogP contribution in [0.15, 0.2) is 48.5 Å². The quantitative estimate of drug-likeness (QED) is 0.614. The number of hydrogen-bond acceptors (Lipinski definition) is 4. The number of sulfonamides is 1. The fourth-order valence-electron chi connectivity index (χ4n) is 3.35. The van der Waals surface area contributed by atoms with Crippen LogP contribution in [0.1, 0.15) is 51.3 Å². The first-order chi connectivity index (χ1) is 14.2. The van der Waals surface area contributed by atoms with Gasteiger partial charge in [0.25, 0.3) is 0 Å². The van der Waals surface area contributed by atoms with Crippen LogP contribution in [0.4, 0.5) is 5.69 Å². The van der Waals surface area contributed by atoms with E-state index >= 15 is 0 Å². The number of nitrogens with zero attached hydrogens (tertiary/aromatic N) is 1. The Morgan fingerprint density at radius 1 is 1.03 bits per heavy atom. The van der Waals surface area contributed by atoms with Crippen LogP contribution in [0.2, 0.25) is 0 Å². The molecule has 0 heterocycles. The lowest BCUT2D eigenvalue weighted by molar-refractivity contribution is -0.122. The van der Waals surface area contributed by atoms with Gasteiger partial charge in [-0.25, -0.2) is 8.42 Å². The van der Waals surface area contributed by atoms with E-state index in [2.05, 4.69) is 12.2 Å². The van der Waals surface area contributed by atoms with Gasteiger partial charge in [-0.05, 0) is 62.1 Å². The van der Waals surface area contributed by atoms with E-state index < -0.39 is 16.1 Å². The normalized spacial score (nSPS) is 13.4. The van der Waals surface area contributed by atoms with Crippen molar-refractivity contribution in [3.63, 3.8) is 0 Å². The van der Waals surface area contributed by atoms with Gasteiger partial charge in [0.2, 0.25) is 15.9 Å². The van der Waals surface area contributed by atoms with Crippen molar-refractivity contribution in [2.75, 3.05) is 17.2 Å². The van der Waals surface area contributed by atoms with Crippen LogP contribution in [0.3, 0.4) is 0 Å². The predicted molar refractivity (Wildman–Crippen MR) is 121 cm³/mol. The molecule has 0 saturated heterocycles. The van der Waals surface area contributed by atoms with Crippen molar-refractivity contribution in [2.45, 2.75) is 52.6 Å². The second kappa shape index (κ2) is 10.5. The molecular weight excluding hydrogens is 400 g/mol. The van der Waals surface area contributed by atoms with Crippen LogP contribution in [0, 0.1) is 0 Å². The lowest BCUT2D eigenvalue weighted by atomic mass is 10.0. The zero-order chi connectivity index (χ0) is 22.3. The molecule has 2 atom stereocenters. The van der Waals surface area contributed by atoms with E-state index in [4.69, 9.17) is 4.74 Å². The summed E-state index contributed by atoms with van der Waals surface area (Å²) >= 11 is 0. The summed E-state index contributed by atoms with van der Waals surface area (Å²) in [6.45, 7) is 8.19. The van der Waals surface area contributed by atoms with Crippen LogP contribution in [-0.4, -0.2) is 33.2 Å². The summed E-state index contributed by atoms with van der Waals surface area (Å²) in [6, 6.07) is 13.7. The molecule has 0 radical (unpaired) electrons. The van der Waals surface area contributed by atoms with E-state index in [1.165, 1.54) is 9.87 Å². The molecule has 1 N–H and O–H groups in total. The van der Waals surface area contributed by atoms with Gasteiger partial charge in [0.1, 0.15) is 11.8 Å². The number of ether oxygens (including phenoxy) is 1. The Morgan fingerprint density at radius 3 is 2.10 bits per heavy atom. The van der Waals surface area contributed by atoms with Gasteiger partial charge in [0.15, 0.2) is 0 Å². The largest absolute Gasteiger partial charge is 0.494 e. The summed E-state index contributed by atoms with van der Waals surface area (Å²) in [6.07, 6.45) is 2.41. The second-order valence-electron chi connectivity index (χ2n) is 7.24. The summed E-state index contributed by atoms with van der Waals surface area (Å²) < 4.78 is 31.8. The molecule has 0 bridgehead atoms. The summed E-state index contributed by atoms with van der Waals surface area (Å²) in [5, 5.41) is 2.97. The Labute approximate surface area is 180 Å². The summed E-state index contributed by atoms with van der Waals surface area (Å²) in [5.41, 5.74) is 2.63. The number of carbonyl (C=O) groups excluding carboxylic acids is 1. The number of carbonyl (C=O) groups is 1. The summed E-state index contributed by atoms with van der Waals surface area (Å²) in [4.78, 5) is 13.1. The van der Waals surface area contributed by atoms with Gasteiger partial charge in [-0.3, -0.25) is 9.10 Å². The second-order valence-corrected chi connectivity index (χ2v) is 9.09. The molecule has 2 rings (SSSR count). The third-order valence-corrected chi connectivity index (χ3v) is 6.16. The highest BCUT2D eigenvalue weighted by Gasteiger charge is 2.32. The lowest BCUT2D eigenvalue weighted by Crippen LogP contribution is -2.49. The fraction of sp³-hybridized carbons (Fsp3) is 0.435. The van der Waals surface area contributed by atoms with Gasteiger partial charge < -0.3 is 10.1 Å². The number of amides is 1. The average molecular weight is 433 g/mol. The Kier molecular flexibility index (Phi) is 8.29. The standard InChI is InChI=1S/C23H32N2O4S/c1-6-18-9-11-19(12-10-18)17(4)24-23(26)22(7-2)25(30(5,27)28)20-13-15-21(16-14-20)29-8-3/h9-17,22H,6-8H2,1-5H3,(H,24,26)/t17-,22+/m1/s1. The van der Waals surface area contributed by atoms with Gasteiger partial charge >= 0.3 is 0 Å². The maximum absolute atomic E-state index is 13.1. The number of aryl methyl sites for hydroxylation is 1. The Morgan fingerprint density at radius 2 is 1.63 bits per heavy atom. The predicted octanol–water partition coefficient (Wildman–Crippen LogP) is 4.07. The number of benzene rings is 2. The molecule has 2 aromatic carbocycles. The van der Waals surface area contributed by atoms with Crippen LogP contribution in [0.5, 0.6) is 5.75 Å². The SMILES string of the molecule is CCOc1ccc(N([C@@H](CC)C(=O)N[C@H](C)c2ccc(CC)cc2)S(C)(=O)=O)cc1. The van der Waals surface area contributed by atoms with Gasteiger partial charge in [0, 0.05) is 0 Å². The van der Waals surface area contributed by atoms with Crippen molar-refractivity contribution in [1.82, 2.24) is 5.32 Å². The number of anilines is 1. The molecule has 0 aromatic heterocycles. The molecule has 7 heteroatoms. The molecule has 2 aromatic rings. The molecule has 1 amide bonds. The van der Waals surface area contributed by atoms with Crippen LogP contribution in [0.25, 0.3) is 0 Å². The van der Waals surface area contributed by atoms with Gasteiger partial charge in [0.05, 0.1) is 24.6 Å². The third-order valence-electron chi connectivity index (χ3n) is 4.98. The first-order valence-electron chi connectivity index (χ1n) is 10.3. The molecule has 0 saturated carbocycles. The number of rotatable bonds is 10. The first-order valence-corrected chi connectivity index (χ1v) is 12.2. The molecule has 30 heavy (non-hydrogen) atoms. The van der Waals surface area contributed by atoms with Gasteiger partial charge in [-0.15, -0.1) is 0 Å². The molecule has 0 spiro atoms. The smallest absolute Gasteiger partial charge is 0.244 e. The number of hydrogen-bond donors (Lipinski definition) is 1. The third kappa shape index (κ3) is 5.98. The fourth-order valence-corrected chi connectivity index (χ4v) is 4.56. The van der Waals surface area contributed by atoms with Crippen molar-refractivity contribution in [1.29, 1.82) is 0 Å². The van der Waals surface area contributed by atoms with E-state index in [0.717, 1.165) is 18.2 Å². The monoisotopic (exact) mass is 432 g/mol. The van der Waals surface area contributed by atoms with E-state index in [-0.39, 0.29) is 11.9 Å². The molecule has 6 nitrogen and oxygen atoms in total. The van der Waals surface area contributed by atoms with Gasteiger partial charge in [-0.1, -0.05) is 38.1 Å². The maximum atomic E-state index is 13.1. The van der Waals surface area contributed by atoms with Crippen molar-refractivity contribution in [2.24, 2.45) is 0 Å². The average Bonchev–Trinajstić information content (AvgIpc) is 2.72. The minimum absolute atomic E-state index is 0.237. The Hall–Kier alpha value is -2.54. The summed E-state index contributed by atoms with van der Waals surface area (Å²) in [5.74, 6) is 0.320. The van der Waals surface area contributed by atoms with Crippen molar-refractivity contribution < 1.29 is 17.9 Å². The molecular formula is C23H32N2O4S. The van der Waals surface area contributed by atoms with E-state index in [1.807, 2.05) is 38.1 Å². The Balaban J connectivity index is 2.26. The van der Waals surface area contributed by atoms with Crippen molar-refractivity contribution in [3.8, 4) is 5.75 Å². The molecule has 0 aliphatic heterocycles.